The fraction of sp³-hybridized carbons (Fsp3) is 0.500. The molecule has 0 spiro atoms. The summed E-state index contributed by atoms with van der Waals surface area (Å²) >= 11 is 0. The summed E-state index contributed by atoms with van der Waals surface area (Å²) in [6.07, 6.45) is 1.37. The van der Waals surface area contributed by atoms with E-state index in [1.165, 1.54) is 0 Å². The minimum atomic E-state index is 0.0531. The maximum absolute atomic E-state index is 11.3. The maximum Gasteiger partial charge on any atom is 0.228 e. The number of benzene rings is 1. The van der Waals surface area contributed by atoms with Gasteiger partial charge in [-0.15, -0.1) is 0 Å². The summed E-state index contributed by atoms with van der Waals surface area (Å²) in [6.45, 7) is 2.24. The van der Waals surface area contributed by atoms with Crippen molar-refractivity contribution in [1.29, 1.82) is 0 Å². The van der Waals surface area contributed by atoms with Gasteiger partial charge in [-0.2, -0.15) is 0 Å². The lowest BCUT2D eigenvalue weighted by Crippen LogP contribution is -2.27. The molecule has 1 aromatic rings. The highest BCUT2D eigenvalue weighted by molar-refractivity contribution is 5.99. The highest BCUT2D eigenvalue weighted by Gasteiger charge is 2.23. The third-order valence-corrected chi connectivity index (χ3v) is 3.65. The molecule has 3 N–H and O–H groups in total. The van der Waals surface area contributed by atoms with Gasteiger partial charge in [-0.1, -0.05) is 19.1 Å². The number of amides is 1. The number of hydrogen-bond donors (Lipinski definition) is 3. The molecule has 0 bridgehead atoms. The average molecular weight is 248 g/mol. The number of carbonyl (C=O) groups is 1. The summed E-state index contributed by atoms with van der Waals surface area (Å²) in [4.78, 5) is 11.3. The van der Waals surface area contributed by atoms with Crippen LogP contribution in [0.3, 0.4) is 0 Å². The lowest BCUT2D eigenvalue weighted by Gasteiger charge is -2.25. The monoisotopic (exact) mass is 248 g/mol. The quantitative estimate of drug-likeness (QED) is 0.739. The Hall–Kier alpha value is -1.39. The fourth-order valence-corrected chi connectivity index (χ4v) is 2.59. The molecule has 1 heterocycles. The van der Waals surface area contributed by atoms with Gasteiger partial charge in [-0.05, 0) is 30.7 Å². The first kappa shape index (κ1) is 13.1. The number of nitrogens with one attached hydrogen (secondary N) is 2. The van der Waals surface area contributed by atoms with Gasteiger partial charge in [0.25, 0.3) is 0 Å². The second-order valence-corrected chi connectivity index (χ2v) is 4.76. The largest absolute Gasteiger partial charge is 0.396 e. The van der Waals surface area contributed by atoms with E-state index in [0.717, 1.165) is 23.2 Å². The van der Waals surface area contributed by atoms with Crippen LogP contribution in [0, 0.1) is 5.92 Å². The Bertz CT molecular complexity index is 441. The number of carbonyl (C=O) groups excluding carboxylic acids is 1. The standard InChI is InChI=1S/C14H20N2O2/c1-3-9(8-17)14(15-2)10-4-5-12-11(6-10)7-13(18)16-12/h4-6,9,14-15,17H,3,7-8H2,1-2H3,(H,16,18). The van der Waals surface area contributed by atoms with E-state index < -0.39 is 0 Å². The molecule has 1 aliphatic rings. The molecule has 0 aromatic heterocycles. The minimum absolute atomic E-state index is 0.0531. The zero-order chi connectivity index (χ0) is 13.1. The van der Waals surface area contributed by atoms with Crippen LogP contribution in [0.25, 0.3) is 0 Å². The summed E-state index contributed by atoms with van der Waals surface area (Å²) < 4.78 is 0. The molecule has 98 valence electrons. The average Bonchev–Trinajstić information content (AvgIpc) is 2.74. The van der Waals surface area contributed by atoms with E-state index >= 15 is 0 Å². The normalized spacial score (nSPS) is 17.2. The van der Waals surface area contributed by atoms with Crippen LogP contribution in [-0.4, -0.2) is 24.7 Å². The number of fused-ring (bicyclic) bond motifs is 1. The van der Waals surface area contributed by atoms with Crippen molar-refractivity contribution < 1.29 is 9.90 Å². The predicted molar refractivity (Wildman–Crippen MR) is 71.4 cm³/mol. The molecule has 1 amide bonds. The van der Waals surface area contributed by atoms with E-state index in [0.29, 0.717) is 6.42 Å². The molecule has 0 radical (unpaired) electrons. The molecule has 0 saturated heterocycles. The molecule has 18 heavy (non-hydrogen) atoms. The molecule has 1 aromatic carbocycles. The van der Waals surface area contributed by atoms with Crippen LogP contribution in [0.2, 0.25) is 0 Å². The summed E-state index contributed by atoms with van der Waals surface area (Å²) in [7, 11) is 1.90. The zero-order valence-electron chi connectivity index (χ0n) is 10.9. The van der Waals surface area contributed by atoms with Crippen LogP contribution in [0.4, 0.5) is 5.69 Å². The van der Waals surface area contributed by atoms with Gasteiger partial charge in [0.15, 0.2) is 0 Å². The zero-order valence-corrected chi connectivity index (χ0v) is 10.9. The Balaban J connectivity index is 2.27. The predicted octanol–water partition coefficient (Wildman–Crippen LogP) is 1.46. The van der Waals surface area contributed by atoms with Crippen molar-refractivity contribution in [3.05, 3.63) is 29.3 Å². The van der Waals surface area contributed by atoms with Crippen molar-refractivity contribution in [3.8, 4) is 0 Å². The number of aliphatic hydroxyl groups is 1. The fourth-order valence-electron chi connectivity index (χ4n) is 2.59. The van der Waals surface area contributed by atoms with Crippen LogP contribution in [0.15, 0.2) is 18.2 Å². The van der Waals surface area contributed by atoms with Crippen LogP contribution in [0.5, 0.6) is 0 Å². The SMILES string of the molecule is CCC(CO)C(NC)c1ccc2c(c1)CC(=O)N2. The first-order chi connectivity index (χ1) is 8.69. The highest BCUT2D eigenvalue weighted by Crippen LogP contribution is 2.30. The van der Waals surface area contributed by atoms with Crippen molar-refractivity contribution in [2.75, 3.05) is 19.0 Å². The first-order valence-electron chi connectivity index (χ1n) is 6.40. The Labute approximate surface area is 107 Å². The van der Waals surface area contributed by atoms with E-state index in [2.05, 4.69) is 23.6 Å². The lowest BCUT2D eigenvalue weighted by molar-refractivity contribution is -0.115. The van der Waals surface area contributed by atoms with Gasteiger partial charge >= 0.3 is 0 Å². The van der Waals surface area contributed by atoms with Gasteiger partial charge in [-0.3, -0.25) is 4.79 Å². The summed E-state index contributed by atoms with van der Waals surface area (Å²) in [5.74, 6) is 0.246. The van der Waals surface area contributed by atoms with Gasteiger partial charge < -0.3 is 15.7 Å². The van der Waals surface area contributed by atoms with Crippen molar-refractivity contribution >= 4 is 11.6 Å². The molecule has 1 aliphatic heterocycles. The molecular formula is C14H20N2O2. The van der Waals surface area contributed by atoms with Crippen molar-refractivity contribution in [2.24, 2.45) is 5.92 Å². The number of aliphatic hydroxyl groups excluding tert-OH is 1. The summed E-state index contributed by atoms with van der Waals surface area (Å²) in [5.41, 5.74) is 3.09. The summed E-state index contributed by atoms with van der Waals surface area (Å²) in [5, 5.41) is 15.5. The van der Waals surface area contributed by atoms with E-state index in [-0.39, 0.29) is 24.5 Å². The number of rotatable bonds is 5. The molecule has 2 unspecified atom stereocenters. The molecule has 4 heteroatoms. The smallest absolute Gasteiger partial charge is 0.228 e. The lowest BCUT2D eigenvalue weighted by atomic mass is 9.90. The molecule has 0 fully saturated rings. The Morgan fingerprint density at radius 3 is 2.89 bits per heavy atom. The molecule has 4 nitrogen and oxygen atoms in total. The van der Waals surface area contributed by atoms with E-state index in [4.69, 9.17) is 0 Å². The highest BCUT2D eigenvalue weighted by atomic mass is 16.3. The molecule has 2 rings (SSSR count). The topological polar surface area (TPSA) is 61.4 Å². The van der Waals surface area contributed by atoms with E-state index in [1.54, 1.807) is 0 Å². The van der Waals surface area contributed by atoms with Crippen LogP contribution in [0.1, 0.15) is 30.5 Å². The Morgan fingerprint density at radius 2 is 2.28 bits per heavy atom. The number of hydrogen-bond acceptors (Lipinski definition) is 3. The van der Waals surface area contributed by atoms with Gasteiger partial charge in [0.2, 0.25) is 5.91 Å². The second-order valence-electron chi connectivity index (χ2n) is 4.76. The Kier molecular flexibility index (Phi) is 3.99. The van der Waals surface area contributed by atoms with E-state index in [9.17, 15) is 9.90 Å². The van der Waals surface area contributed by atoms with Gasteiger partial charge in [0.05, 0.1) is 6.42 Å². The molecule has 0 aliphatic carbocycles. The Morgan fingerprint density at radius 1 is 1.50 bits per heavy atom. The van der Waals surface area contributed by atoms with Gasteiger partial charge in [-0.25, -0.2) is 0 Å². The van der Waals surface area contributed by atoms with Crippen LogP contribution >= 0.6 is 0 Å². The minimum Gasteiger partial charge on any atom is -0.396 e. The number of anilines is 1. The van der Waals surface area contributed by atoms with Gasteiger partial charge in [0, 0.05) is 24.3 Å². The summed E-state index contributed by atoms with van der Waals surface area (Å²) in [6, 6.07) is 6.15. The van der Waals surface area contributed by atoms with Crippen molar-refractivity contribution in [2.45, 2.75) is 25.8 Å². The van der Waals surface area contributed by atoms with Gasteiger partial charge in [0.1, 0.15) is 0 Å². The van der Waals surface area contributed by atoms with E-state index in [1.807, 2.05) is 19.2 Å². The second kappa shape index (κ2) is 5.50. The van der Waals surface area contributed by atoms with Crippen LogP contribution in [-0.2, 0) is 11.2 Å². The first-order valence-corrected chi connectivity index (χ1v) is 6.40. The third-order valence-electron chi connectivity index (χ3n) is 3.65. The maximum atomic E-state index is 11.3. The molecule has 2 atom stereocenters. The van der Waals surface area contributed by atoms with Crippen molar-refractivity contribution in [3.63, 3.8) is 0 Å². The van der Waals surface area contributed by atoms with Crippen molar-refractivity contribution in [1.82, 2.24) is 5.32 Å². The third kappa shape index (κ3) is 2.40. The molecular weight excluding hydrogens is 228 g/mol. The van der Waals surface area contributed by atoms with Crippen LogP contribution < -0.4 is 10.6 Å². The molecule has 0 saturated carbocycles.